The first kappa shape index (κ1) is 46.4. The van der Waals surface area contributed by atoms with Crippen LogP contribution in [-0.4, -0.2) is 28.4 Å². The maximum atomic E-state index is 2.82. The fraction of sp³-hybridized carbons (Fsp3) is 0.284. The normalized spacial score (nSPS) is 20.2. The Hall–Kier alpha value is -6.34. The summed E-state index contributed by atoms with van der Waals surface area (Å²) in [6.45, 7) is 26.9. The average molecular weight is 984 g/mol. The van der Waals surface area contributed by atoms with Crippen molar-refractivity contribution in [1.29, 1.82) is 0 Å². The Balaban J connectivity index is 1.21. The Kier molecular flexibility index (Phi) is 10.1. The molecule has 1 aliphatic carbocycles. The van der Waals surface area contributed by atoms with E-state index in [4.69, 9.17) is 0 Å². The van der Waals surface area contributed by atoms with Crippen molar-refractivity contribution in [2.45, 2.75) is 122 Å². The summed E-state index contributed by atoms with van der Waals surface area (Å²) < 4.78 is 0. The van der Waals surface area contributed by atoms with Gasteiger partial charge in [-0.1, -0.05) is 207 Å². The molecule has 364 valence electrons. The standard InChI is InChI=1S/C67H70BN3Si2/c1-64(2,3)45-40-46(65(4,5)6)42-48(41-45)70-56-31-23-33-60-63(56)68-61-57(43-49(44-58(61)70)71-54-29-19-18-28-53(54)66(7)38-20-21-39-67(66,71)8)69(47-34-36-50(37-35-47)72(9,10)11)55-30-22-32-59(62(55)68)73(60,51-24-14-12-15-25-51)52-26-16-13-17-27-52/h12-19,22-37,40-44H,20-21,38-39H2,1-11H3. The van der Waals surface area contributed by atoms with Crippen molar-refractivity contribution in [3.63, 3.8) is 0 Å². The predicted molar refractivity (Wildman–Crippen MR) is 321 cm³/mol. The van der Waals surface area contributed by atoms with Crippen LogP contribution in [0.25, 0.3) is 0 Å². The summed E-state index contributed by atoms with van der Waals surface area (Å²) in [5.41, 5.74) is 18.6. The number of nitrogens with zero attached hydrogens (tertiary/aromatic N) is 3. The number of rotatable bonds is 6. The van der Waals surface area contributed by atoms with Crippen LogP contribution in [0, 0.1) is 0 Å². The lowest BCUT2D eigenvalue weighted by atomic mass is 9.33. The Morgan fingerprint density at radius 2 is 0.959 bits per heavy atom. The van der Waals surface area contributed by atoms with Crippen molar-refractivity contribution >= 4 is 111 Å². The van der Waals surface area contributed by atoms with E-state index in [0.717, 1.165) is 6.42 Å². The Bertz CT molecular complexity index is 3460. The van der Waals surface area contributed by atoms with Gasteiger partial charge in [0, 0.05) is 50.9 Å². The lowest BCUT2D eigenvalue weighted by molar-refractivity contribution is 0.195. The molecule has 4 aliphatic heterocycles. The van der Waals surface area contributed by atoms with Crippen LogP contribution >= 0.6 is 0 Å². The van der Waals surface area contributed by atoms with Crippen molar-refractivity contribution in [3.8, 4) is 0 Å². The first-order valence-electron chi connectivity index (χ1n) is 27.2. The minimum absolute atomic E-state index is 0.0128. The van der Waals surface area contributed by atoms with Crippen LogP contribution in [0.2, 0.25) is 19.6 Å². The van der Waals surface area contributed by atoms with Gasteiger partial charge < -0.3 is 14.7 Å². The molecule has 1 fully saturated rings. The van der Waals surface area contributed by atoms with E-state index in [9.17, 15) is 0 Å². The van der Waals surface area contributed by atoms with Gasteiger partial charge in [-0.15, -0.1) is 0 Å². The van der Waals surface area contributed by atoms with Gasteiger partial charge in [-0.3, -0.25) is 0 Å². The molecule has 0 N–H and O–H groups in total. The van der Waals surface area contributed by atoms with Crippen molar-refractivity contribution in [2.75, 3.05) is 14.7 Å². The molecule has 73 heavy (non-hydrogen) atoms. The Morgan fingerprint density at radius 1 is 0.466 bits per heavy atom. The van der Waals surface area contributed by atoms with Gasteiger partial charge >= 0.3 is 0 Å². The monoisotopic (exact) mass is 984 g/mol. The van der Waals surface area contributed by atoms with Crippen molar-refractivity contribution in [3.05, 3.63) is 193 Å². The number of benzene rings is 8. The quantitative estimate of drug-likeness (QED) is 0.154. The second-order valence-corrected chi connectivity index (χ2v) is 34.5. The molecular weight excluding hydrogens is 914 g/mol. The Labute approximate surface area is 438 Å². The van der Waals surface area contributed by atoms with Crippen LogP contribution < -0.4 is 57.0 Å². The molecule has 0 spiro atoms. The fourth-order valence-electron chi connectivity index (χ4n) is 14.5. The molecule has 0 aromatic heterocycles. The SMILES string of the molecule is CC(C)(C)c1cc(N2c3cc(N4c5ccccc5C5(C)CCCCC45C)cc4c3B3c5c(cccc5[Si](c5ccccc5)(c5ccccc5)c5cccc2c53)N4c2ccc([Si](C)(C)C)cc2)cc(C(C)(C)C)c1. The molecule has 3 nitrogen and oxygen atoms in total. The summed E-state index contributed by atoms with van der Waals surface area (Å²) >= 11 is 0. The number of para-hydroxylation sites is 1. The molecule has 13 rings (SSSR count). The van der Waals surface area contributed by atoms with E-state index in [-0.39, 0.29) is 28.5 Å². The van der Waals surface area contributed by atoms with Crippen molar-refractivity contribution in [1.82, 2.24) is 0 Å². The number of fused-ring (bicyclic) bond motifs is 3. The molecule has 0 saturated heterocycles. The van der Waals surface area contributed by atoms with Gasteiger partial charge in [-0.25, -0.2) is 0 Å². The van der Waals surface area contributed by atoms with Gasteiger partial charge in [-0.05, 0) is 139 Å². The predicted octanol–water partition coefficient (Wildman–Crippen LogP) is 12.3. The molecule has 0 bridgehead atoms. The van der Waals surface area contributed by atoms with Gasteiger partial charge in [0.1, 0.15) is 0 Å². The van der Waals surface area contributed by atoms with E-state index in [2.05, 4.69) is 266 Å². The highest BCUT2D eigenvalue weighted by atomic mass is 28.3. The lowest BCUT2D eigenvalue weighted by Crippen LogP contribution is -2.88. The zero-order chi connectivity index (χ0) is 50.6. The fourth-order valence-corrected chi connectivity index (χ4v) is 21.0. The van der Waals surface area contributed by atoms with Crippen molar-refractivity contribution in [2.24, 2.45) is 0 Å². The highest BCUT2D eigenvalue weighted by Crippen LogP contribution is 2.61. The molecule has 5 aliphatic rings. The van der Waals surface area contributed by atoms with Crippen LogP contribution in [0.5, 0.6) is 0 Å². The average Bonchev–Trinajstić information content (AvgIpc) is 3.59. The molecule has 2 unspecified atom stereocenters. The molecule has 0 radical (unpaired) electrons. The van der Waals surface area contributed by atoms with Gasteiger partial charge in [0.2, 0.25) is 0 Å². The summed E-state index contributed by atoms with van der Waals surface area (Å²) in [7, 11) is -4.60. The number of hydrogen-bond donors (Lipinski definition) is 0. The summed E-state index contributed by atoms with van der Waals surface area (Å²) in [6, 6.07) is 70.1. The van der Waals surface area contributed by atoms with E-state index >= 15 is 0 Å². The minimum atomic E-state index is -3.00. The molecule has 0 amide bonds. The molecule has 1 saturated carbocycles. The second-order valence-electron chi connectivity index (χ2n) is 25.7. The smallest absolute Gasteiger partial charge is 0.251 e. The highest BCUT2D eigenvalue weighted by molar-refractivity contribution is 7.27. The molecular formula is C67H70BN3Si2. The third-order valence-corrected chi connectivity index (χ3v) is 25.5. The van der Waals surface area contributed by atoms with Crippen LogP contribution in [0.3, 0.4) is 0 Å². The molecule has 4 heterocycles. The first-order valence-corrected chi connectivity index (χ1v) is 32.7. The van der Waals surface area contributed by atoms with E-state index in [0.29, 0.717) is 0 Å². The van der Waals surface area contributed by atoms with Gasteiger partial charge in [0.05, 0.1) is 13.6 Å². The number of anilines is 8. The van der Waals surface area contributed by atoms with E-state index in [1.807, 2.05) is 0 Å². The second kappa shape index (κ2) is 15.8. The van der Waals surface area contributed by atoms with Gasteiger partial charge in [0.15, 0.2) is 8.07 Å². The summed E-state index contributed by atoms with van der Waals surface area (Å²) in [5.74, 6) is 0. The van der Waals surface area contributed by atoms with E-state index in [1.54, 1.807) is 0 Å². The molecule has 8 aromatic rings. The van der Waals surface area contributed by atoms with Gasteiger partial charge in [0.25, 0.3) is 6.71 Å². The summed E-state index contributed by atoms with van der Waals surface area (Å²) in [4.78, 5) is 8.26. The maximum Gasteiger partial charge on any atom is 0.251 e. The van der Waals surface area contributed by atoms with Crippen LogP contribution in [-0.2, 0) is 16.2 Å². The van der Waals surface area contributed by atoms with Crippen LogP contribution in [0.4, 0.5) is 45.5 Å². The maximum absolute atomic E-state index is 3.00. The minimum Gasteiger partial charge on any atom is -0.334 e. The summed E-state index contributed by atoms with van der Waals surface area (Å²) in [6.07, 6.45) is 4.82. The third-order valence-electron chi connectivity index (χ3n) is 18.5. The largest absolute Gasteiger partial charge is 0.334 e. The van der Waals surface area contributed by atoms with E-state index in [1.165, 1.54) is 124 Å². The zero-order valence-corrected chi connectivity index (χ0v) is 47.0. The van der Waals surface area contributed by atoms with Gasteiger partial charge in [-0.2, -0.15) is 0 Å². The third kappa shape index (κ3) is 6.48. The first-order chi connectivity index (χ1) is 34.9. The molecule has 2 atom stereocenters. The van der Waals surface area contributed by atoms with Crippen molar-refractivity contribution < 1.29 is 0 Å². The zero-order valence-electron chi connectivity index (χ0n) is 45.0. The topological polar surface area (TPSA) is 9.72 Å². The lowest BCUT2D eigenvalue weighted by Gasteiger charge is -2.53. The highest BCUT2D eigenvalue weighted by Gasteiger charge is 2.60. The van der Waals surface area contributed by atoms with Crippen LogP contribution in [0.1, 0.15) is 97.8 Å². The molecule has 8 aromatic carbocycles. The van der Waals surface area contributed by atoms with Crippen LogP contribution in [0.15, 0.2) is 176 Å². The summed E-state index contributed by atoms with van der Waals surface area (Å²) in [5, 5.41) is 7.32. The number of hydrogen-bond acceptors (Lipinski definition) is 3. The molecule has 6 heteroatoms. The Morgan fingerprint density at radius 3 is 1.49 bits per heavy atom. The van der Waals surface area contributed by atoms with E-state index < -0.39 is 16.1 Å².